The van der Waals surface area contributed by atoms with Crippen molar-refractivity contribution in [2.45, 2.75) is 57.1 Å². The van der Waals surface area contributed by atoms with Gasteiger partial charge in [-0.2, -0.15) is 0 Å². The number of carbonyl (C=O) groups is 1. The summed E-state index contributed by atoms with van der Waals surface area (Å²) in [6.07, 6.45) is 7.71. The number of hydrogen-bond donors (Lipinski definition) is 3. The highest BCUT2D eigenvalue weighted by molar-refractivity contribution is 5.78. The summed E-state index contributed by atoms with van der Waals surface area (Å²) in [5, 5.41) is 22.5. The Balaban J connectivity index is 1.42. The van der Waals surface area contributed by atoms with E-state index in [-0.39, 0.29) is 24.1 Å². The van der Waals surface area contributed by atoms with Crippen LogP contribution in [0.2, 0.25) is 0 Å². The van der Waals surface area contributed by atoms with Crippen molar-refractivity contribution in [3.63, 3.8) is 0 Å². The molecule has 1 aromatic carbocycles. The highest BCUT2D eigenvalue weighted by Gasteiger charge is 2.29. The molecule has 0 radical (unpaired) electrons. The first-order valence-electron chi connectivity index (χ1n) is 9.62. The third-order valence-electron chi connectivity index (χ3n) is 5.72. The lowest BCUT2D eigenvalue weighted by molar-refractivity contribution is -0.127. The second-order valence-electron chi connectivity index (χ2n) is 7.46. The number of phenolic OH excluding ortho intramolecular Hbond substituents is 1. The molecule has 0 spiro atoms. The van der Waals surface area contributed by atoms with Gasteiger partial charge in [-0.25, -0.2) is 0 Å². The molecule has 0 bridgehead atoms. The predicted molar refractivity (Wildman–Crippen MR) is 97.2 cm³/mol. The van der Waals surface area contributed by atoms with Crippen LogP contribution in [0.4, 0.5) is 0 Å². The number of piperidine rings is 1. The summed E-state index contributed by atoms with van der Waals surface area (Å²) < 4.78 is 0. The van der Waals surface area contributed by atoms with Crippen LogP contribution < -0.4 is 5.32 Å². The number of carbonyl (C=O) groups excluding carboxylic acids is 1. The summed E-state index contributed by atoms with van der Waals surface area (Å²) >= 11 is 0. The van der Waals surface area contributed by atoms with Crippen molar-refractivity contribution in [3.05, 3.63) is 29.8 Å². The van der Waals surface area contributed by atoms with Crippen LogP contribution in [0.25, 0.3) is 0 Å². The number of aliphatic hydroxyl groups excluding tert-OH is 1. The van der Waals surface area contributed by atoms with E-state index < -0.39 is 6.10 Å². The maximum absolute atomic E-state index is 12.4. The Morgan fingerprint density at radius 1 is 1.16 bits per heavy atom. The number of amides is 1. The van der Waals surface area contributed by atoms with Crippen LogP contribution in [0.3, 0.4) is 0 Å². The summed E-state index contributed by atoms with van der Waals surface area (Å²) in [6, 6.07) is 7.26. The zero-order chi connectivity index (χ0) is 17.6. The van der Waals surface area contributed by atoms with Crippen molar-refractivity contribution >= 4 is 5.91 Å². The average molecular weight is 346 g/mol. The first kappa shape index (κ1) is 18.2. The molecule has 5 nitrogen and oxygen atoms in total. The molecule has 1 aromatic rings. The smallest absolute Gasteiger partial charge is 0.223 e. The van der Waals surface area contributed by atoms with Crippen molar-refractivity contribution in [1.82, 2.24) is 10.2 Å². The zero-order valence-electron chi connectivity index (χ0n) is 14.9. The van der Waals surface area contributed by atoms with E-state index in [1.54, 1.807) is 18.2 Å². The van der Waals surface area contributed by atoms with Gasteiger partial charge in [0.1, 0.15) is 5.75 Å². The molecule has 1 amide bonds. The zero-order valence-corrected chi connectivity index (χ0v) is 14.9. The van der Waals surface area contributed by atoms with Crippen molar-refractivity contribution in [2.24, 2.45) is 5.92 Å². The summed E-state index contributed by atoms with van der Waals surface area (Å²) in [7, 11) is 0. The van der Waals surface area contributed by atoms with E-state index in [1.165, 1.54) is 38.2 Å². The largest absolute Gasteiger partial charge is 0.508 e. The van der Waals surface area contributed by atoms with Crippen LogP contribution in [-0.2, 0) is 4.79 Å². The van der Waals surface area contributed by atoms with Gasteiger partial charge in [-0.3, -0.25) is 4.79 Å². The summed E-state index contributed by atoms with van der Waals surface area (Å²) in [6.45, 7) is 2.21. The first-order chi connectivity index (χ1) is 12.1. The molecule has 25 heavy (non-hydrogen) atoms. The van der Waals surface area contributed by atoms with Gasteiger partial charge >= 0.3 is 0 Å². The number of benzene rings is 1. The third-order valence-corrected chi connectivity index (χ3v) is 5.72. The highest BCUT2D eigenvalue weighted by atomic mass is 16.3. The minimum atomic E-state index is -0.793. The fourth-order valence-electron chi connectivity index (χ4n) is 4.16. The lowest BCUT2D eigenvalue weighted by Crippen LogP contribution is -2.45. The van der Waals surface area contributed by atoms with Crippen LogP contribution in [0, 0.1) is 5.92 Å². The van der Waals surface area contributed by atoms with E-state index in [9.17, 15) is 15.0 Å². The van der Waals surface area contributed by atoms with E-state index in [4.69, 9.17) is 0 Å². The molecule has 0 aromatic heterocycles. The summed E-state index contributed by atoms with van der Waals surface area (Å²) in [5.41, 5.74) is 0.618. The molecule has 1 heterocycles. The van der Waals surface area contributed by atoms with Crippen molar-refractivity contribution in [2.75, 3.05) is 19.6 Å². The van der Waals surface area contributed by atoms with Gasteiger partial charge in [-0.15, -0.1) is 0 Å². The van der Waals surface area contributed by atoms with Crippen LogP contribution in [0.1, 0.15) is 56.6 Å². The minimum Gasteiger partial charge on any atom is -0.508 e. The van der Waals surface area contributed by atoms with Crippen molar-refractivity contribution in [3.8, 4) is 5.75 Å². The normalized spacial score (nSPS) is 21.8. The second-order valence-corrected chi connectivity index (χ2v) is 7.46. The SMILES string of the molecule is O=C(NC[C@H](O)c1cccc(O)c1)C1CCN(C2CCCCC2)CC1. The van der Waals surface area contributed by atoms with Gasteiger partial charge in [0.25, 0.3) is 0 Å². The Hall–Kier alpha value is -1.59. The van der Waals surface area contributed by atoms with Gasteiger partial charge in [0, 0.05) is 18.5 Å². The van der Waals surface area contributed by atoms with Crippen molar-refractivity contribution in [1.29, 1.82) is 0 Å². The molecule has 3 N–H and O–H groups in total. The molecule has 3 rings (SSSR count). The highest BCUT2D eigenvalue weighted by Crippen LogP contribution is 2.27. The number of aliphatic hydroxyl groups is 1. The van der Waals surface area contributed by atoms with E-state index >= 15 is 0 Å². The molecular formula is C20H30N2O3. The number of rotatable bonds is 5. The number of nitrogens with one attached hydrogen (secondary N) is 1. The standard InChI is InChI=1S/C20H30N2O3/c23-18-8-4-5-16(13-18)19(24)14-21-20(25)15-9-11-22(12-10-15)17-6-2-1-3-7-17/h4-5,8,13,15,17,19,23-24H,1-3,6-7,9-12,14H2,(H,21,25)/t19-/m0/s1. The maximum atomic E-state index is 12.4. The minimum absolute atomic E-state index is 0.0440. The number of likely N-dealkylation sites (tertiary alicyclic amines) is 1. The van der Waals surface area contributed by atoms with E-state index in [2.05, 4.69) is 10.2 Å². The molecule has 2 fully saturated rings. The molecule has 1 aliphatic carbocycles. The fraction of sp³-hybridized carbons (Fsp3) is 0.650. The lowest BCUT2D eigenvalue weighted by atomic mass is 9.90. The van der Waals surface area contributed by atoms with Gasteiger partial charge in [0.05, 0.1) is 6.10 Å². The van der Waals surface area contributed by atoms with Gasteiger partial charge in [-0.1, -0.05) is 31.4 Å². The summed E-state index contributed by atoms with van der Waals surface area (Å²) in [5.74, 6) is 0.219. The molecule has 0 unspecified atom stereocenters. The quantitative estimate of drug-likeness (QED) is 0.766. The van der Waals surface area contributed by atoms with Crippen LogP contribution in [0.15, 0.2) is 24.3 Å². The number of phenols is 1. The van der Waals surface area contributed by atoms with Crippen molar-refractivity contribution < 1.29 is 15.0 Å². The number of nitrogens with zero attached hydrogens (tertiary/aromatic N) is 1. The maximum Gasteiger partial charge on any atom is 0.223 e. The summed E-state index contributed by atoms with van der Waals surface area (Å²) in [4.78, 5) is 15.0. The number of hydrogen-bond acceptors (Lipinski definition) is 4. The van der Waals surface area contributed by atoms with E-state index in [1.807, 2.05) is 0 Å². The topological polar surface area (TPSA) is 72.8 Å². The second kappa shape index (κ2) is 8.68. The van der Waals surface area contributed by atoms with E-state index in [0.29, 0.717) is 5.56 Å². The molecular weight excluding hydrogens is 316 g/mol. The third kappa shape index (κ3) is 4.95. The Bertz CT molecular complexity index is 564. The van der Waals surface area contributed by atoms with Crippen LogP contribution >= 0.6 is 0 Å². The Labute approximate surface area is 150 Å². The van der Waals surface area contributed by atoms with Crippen LogP contribution in [0.5, 0.6) is 5.75 Å². The molecule has 1 aliphatic heterocycles. The molecule has 138 valence electrons. The first-order valence-corrected chi connectivity index (χ1v) is 9.62. The predicted octanol–water partition coefficient (Wildman–Crippen LogP) is 2.59. The Morgan fingerprint density at radius 2 is 1.88 bits per heavy atom. The molecule has 1 saturated heterocycles. The van der Waals surface area contributed by atoms with Gasteiger partial charge in [0.15, 0.2) is 0 Å². The molecule has 5 heteroatoms. The molecule has 1 saturated carbocycles. The average Bonchev–Trinajstić information content (AvgIpc) is 2.66. The van der Waals surface area contributed by atoms with Gasteiger partial charge in [-0.05, 0) is 56.5 Å². The van der Waals surface area contributed by atoms with E-state index in [0.717, 1.165) is 32.0 Å². The van der Waals surface area contributed by atoms with Crippen LogP contribution in [-0.4, -0.2) is 46.7 Å². The monoisotopic (exact) mass is 346 g/mol. The Kier molecular flexibility index (Phi) is 6.32. The van der Waals surface area contributed by atoms with Gasteiger partial charge in [0.2, 0.25) is 5.91 Å². The lowest BCUT2D eigenvalue weighted by Gasteiger charge is -2.39. The number of aromatic hydroxyl groups is 1. The molecule has 2 aliphatic rings. The van der Waals surface area contributed by atoms with Gasteiger partial charge < -0.3 is 20.4 Å². The molecule has 1 atom stereocenters. The Morgan fingerprint density at radius 3 is 2.56 bits per heavy atom. The fourth-order valence-corrected chi connectivity index (χ4v) is 4.16.